The van der Waals surface area contributed by atoms with Crippen LogP contribution in [0.25, 0.3) is 0 Å². The third kappa shape index (κ3) is 9.02. The Hall–Kier alpha value is -1.63. The van der Waals surface area contributed by atoms with E-state index in [0.29, 0.717) is 24.7 Å². The molecule has 1 fully saturated rings. The molecule has 170 valence electrons. The molecule has 0 bridgehead atoms. The topological polar surface area (TPSA) is 69.1 Å². The number of aliphatic imine (C=N–C) groups is 1. The van der Waals surface area contributed by atoms with Crippen molar-refractivity contribution in [1.82, 2.24) is 15.5 Å². The molecule has 0 radical (unpaired) electrons. The van der Waals surface area contributed by atoms with Gasteiger partial charge in [0.1, 0.15) is 0 Å². The number of hydrogen-bond acceptors (Lipinski definition) is 4. The molecule has 2 rings (SSSR count). The van der Waals surface area contributed by atoms with Crippen LogP contribution in [0, 0.1) is 5.92 Å². The molecule has 1 heterocycles. The van der Waals surface area contributed by atoms with E-state index in [4.69, 9.17) is 9.73 Å². The molecule has 0 aromatic heterocycles. The van der Waals surface area contributed by atoms with Crippen LogP contribution >= 0.6 is 0 Å². The minimum Gasteiger partial charge on any atom is -0.396 e. The van der Waals surface area contributed by atoms with Crippen molar-refractivity contribution in [2.24, 2.45) is 10.9 Å². The molecule has 30 heavy (non-hydrogen) atoms. The summed E-state index contributed by atoms with van der Waals surface area (Å²) in [5, 5.41) is 16.0. The van der Waals surface area contributed by atoms with E-state index < -0.39 is 0 Å². The molecule has 3 N–H and O–H groups in total. The molecule has 1 aromatic carbocycles. The lowest BCUT2D eigenvalue weighted by atomic mass is 10.0. The number of rotatable bonds is 11. The predicted molar refractivity (Wildman–Crippen MR) is 125 cm³/mol. The van der Waals surface area contributed by atoms with Crippen LogP contribution in [0.2, 0.25) is 0 Å². The van der Waals surface area contributed by atoms with Gasteiger partial charge in [0.25, 0.3) is 0 Å². The van der Waals surface area contributed by atoms with Crippen LogP contribution in [0.5, 0.6) is 0 Å². The Morgan fingerprint density at radius 1 is 1.10 bits per heavy atom. The van der Waals surface area contributed by atoms with Gasteiger partial charge in [-0.05, 0) is 50.7 Å². The molecule has 1 saturated heterocycles. The lowest BCUT2D eigenvalue weighted by Gasteiger charge is -2.35. The van der Waals surface area contributed by atoms with Crippen LogP contribution in [0.3, 0.4) is 0 Å². The summed E-state index contributed by atoms with van der Waals surface area (Å²) in [7, 11) is 0. The Balaban J connectivity index is 1.87. The highest BCUT2D eigenvalue weighted by atomic mass is 16.5. The van der Waals surface area contributed by atoms with E-state index in [0.717, 1.165) is 57.9 Å². The van der Waals surface area contributed by atoms with Gasteiger partial charge in [-0.2, -0.15) is 0 Å². The molecule has 1 aromatic rings. The van der Waals surface area contributed by atoms with Crippen molar-refractivity contribution in [1.29, 1.82) is 0 Å². The largest absolute Gasteiger partial charge is 0.396 e. The number of morpholine rings is 1. The maximum Gasteiger partial charge on any atom is 0.191 e. The monoisotopic (exact) mass is 418 g/mol. The number of nitrogens with one attached hydrogen (secondary N) is 2. The molecular formula is C24H42N4O2. The fourth-order valence-electron chi connectivity index (χ4n) is 4.11. The Kier molecular flexibility index (Phi) is 11.2. The van der Waals surface area contributed by atoms with E-state index >= 15 is 0 Å². The molecule has 3 atom stereocenters. The first-order valence-corrected chi connectivity index (χ1v) is 11.6. The number of guanidine groups is 1. The first-order chi connectivity index (χ1) is 14.5. The normalized spacial score (nSPS) is 21.4. The summed E-state index contributed by atoms with van der Waals surface area (Å²) in [6.45, 7) is 14.1. The first-order valence-electron chi connectivity index (χ1n) is 11.6. The van der Waals surface area contributed by atoms with Crippen molar-refractivity contribution in [3.05, 3.63) is 35.4 Å². The summed E-state index contributed by atoms with van der Waals surface area (Å²) in [6.07, 6.45) is 3.69. The second-order valence-electron chi connectivity index (χ2n) is 8.51. The van der Waals surface area contributed by atoms with Crippen molar-refractivity contribution in [3.8, 4) is 0 Å². The van der Waals surface area contributed by atoms with Gasteiger partial charge in [-0.3, -0.25) is 4.90 Å². The standard InChI is InChI=1S/C24H42N4O2/c1-5-7-21(12-13-29)14-26-24(25-6-2)27-15-22-8-10-23(11-9-22)18-28-16-19(3)30-20(4)17-28/h8-11,19-21,29H,5-7,12-18H2,1-4H3,(H2,25,26,27). The smallest absolute Gasteiger partial charge is 0.191 e. The van der Waals surface area contributed by atoms with Crippen LogP contribution in [-0.2, 0) is 17.8 Å². The van der Waals surface area contributed by atoms with Gasteiger partial charge in [-0.1, -0.05) is 37.6 Å². The Morgan fingerprint density at radius 3 is 2.37 bits per heavy atom. The van der Waals surface area contributed by atoms with Crippen LogP contribution < -0.4 is 10.6 Å². The molecule has 6 nitrogen and oxygen atoms in total. The van der Waals surface area contributed by atoms with Crippen LogP contribution in [0.15, 0.2) is 29.3 Å². The summed E-state index contributed by atoms with van der Waals surface area (Å²) in [5.74, 6) is 1.32. The van der Waals surface area contributed by atoms with Crippen LogP contribution in [-0.4, -0.2) is 61.0 Å². The van der Waals surface area contributed by atoms with Gasteiger partial charge in [0.2, 0.25) is 0 Å². The number of benzene rings is 1. The fourth-order valence-corrected chi connectivity index (χ4v) is 4.11. The highest BCUT2D eigenvalue weighted by Crippen LogP contribution is 2.15. The van der Waals surface area contributed by atoms with Crippen molar-refractivity contribution in [2.75, 3.05) is 32.8 Å². The summed E-state index contributed by atoms with van der Waals surface area (Å²) in [5.41, 5.74) is 2.54. The maximum absolute atomic E-state index is 9.25. The van der Waals surface area contributed by atoms with E-state index in [2.05, 4.69) is 67.5 Å². The third-order valence-electron chi connectivity index (χ3n) is 5.48. The van der Waals surface area contributed by atoms with E-state index in [1.807, 2.05) is 0 Å². The van der Waals surface area contributed by atoms with Crippen molar-refractivity contribution in [2.45, 2.75) is 72.3 Å². The lowest BCUT2D eigenvalue weighted by Crippen LogP contribution is -2.44. The van der Waals surface area contributed by atoms with E-state index in [9.17, 15) is 5.11 Å². The van der Waals surface area contributed by atoms with E-state index in [1.165, 1.54) is 11.1 Å². The minimum absolute atomic E-state index is 0.245. The van der Waals surface area contributed by atoms with Crippen LogP contribution in [0.1, 0.15) is 58.1 Å². The van der Waals surface area contributed by atoms with Gasteiger partial charge in [0.15, 0.2) is 5.96 Å². The summed E-state index contributed by atoms with van der Waals surface area (Å²) >= 11 is 0. The Morgan fingerprint density at radius 2 is 1.77 bits per heavy atom. The average molecular weight is 419 g/mol. The van der Waals surface area contributed by atoms with Gasteiger partial charge >= 0.3 is 0 Å². The molecule has 3 unspecified atom stereocenters. The molecule has 6 heteroatoms. The quantitative estimate of drug-likeness (QED) is 0.380. The van der Waals surface area contributed by atoms with Gasteiger partial charge in [-0.25, -0.2) is 4.99 Å². The number of nitrogens with zero attached hydrogens (tertiary/aromatic N) is 2. The Labute approximate surface area is 183 Å². The molecule has 0 aliphatic carbocycles. The zero-order valence-electron chi connectivity index (χ0n) is 19.4. The van der Waals surface area contributed by atoms with Gasteiger partial charge in [0, 0.05) is 39.3 Å². The summed E-state index contributed by atoms with van der Waals surface area (Å²) < 4.78 is 5.83. The Bertz CT molecular complexity index is 604. The minimum atomic E-state index is 0.245. The lowest BCUT2D eigenvalue weighted by molar-refractivity contribution is -0.0704. The number of ether oxygens (including phenoxy) is 1. The third-order valence-corrected chi connectivity index (χ3v) is 5.48. The van der Waals surface area contributed by atoms with Gasteiger partial charge in [-0.15, -0.1) is 0 Å². The van der Waals surface area contributed by atoms with E-state index in [1.54, 1.807) is 0 Å². The predicted octanol–water partition coefficient (Wildman–Crippen LogP) is 3.15. The maximum atomic E-state index is 9.25. The molecular weight excluding hydrogens is 376 g/mol. The average Bonchev–Trinajstić information content (AvgIpc) is 2.70. The molecule has 1 aliphatic heterocycles. The van der Waals surface area contributed by atoms with Gasteiger partial charge < -0.3 is 20.5 Å². The SMILES string of the molecule is CCCC(CCO)CNC(=NCc1ccc(CN2CC(C)OC(C)C2)cc1)NCC. The first kappa shape index (κ1) is 24.6. The second kappa shape index (κ2) is 13.6. The number of hydrogen-bond donors (Lipinski definition) is 3. The molecule has 0 spiro atoms. The zero-order chi connectivity index (χ0) is 21.8. The van der Waals surface area contributed by atoms with Crippen LogP contribution in [0.4, 0.5) is 0 Å². The van der Waals surface area contributed by atoms with Crippen molar-refractivity contribution < 1.29 is 9.84 Å². The van der Waals surface area contributed by atoms with Crippen molar-refractivity contribution >= 4 is 5.96 Å². The highest BCUT2D eigenvalue weighted by Gasteiger charge is 2.21. The van der Waals surface area contributed by atoms with Crippen molar-refractivity contribution in [3.63, 3.8) is 0 Å². The highest BCUT2D eigenvalue weighted by molar-refractivity contribution is 5.79. The fraction of sp³-hybridized carbons (Fsp3) is 0.708. The molecule has 1 aliphatic rings. The number of aliphatic hydroxyl groups excluding tert-OH is 1. The zero-order valence-corrected chi connectivity index (χ0v) is 19.4. The number of aliphatic hydroxyl groups is 1. The summed E-state index contributed by atoms with van der Waals surface area (Å²) in [6, 6.07) is 8.80. The second-order valence-corrected chi connectivity index (χ2v) is 8.51. The molecule has 0 saturated carbocycles. The molecule has 0 amide bonds. The van der Waals surface area contributed by atoms with E-state index in [-0.39, 0.29) is 6.61 Å². The van der Waals surface area contributed by atoms with Gasteiger partial charge in [0.05, 0.1) is 18.8 Å². The summed E-state index contributed by atoms with van der Waals surface area (Å²) in [4.78, 5) is 7.22.